The van der Waals surface area contributed by atoms with E-state index < -0.39 is 0 Å². The third-order valence-electron chi connectivity index (χ3n) is 4.42. The quantitative estimate of drug-likeness (QED) is 0.201. The van der Waals surface area contributed by atoms with E-state index in [9.17, 15) is 0 Å². The minimum atomic E-state index is -0.278. The summed E-state index contributed by atoms with van der Waals surface area (Å²) in [4.78, 5) is 0. The third kappa shape index (κ3) is 2.15. The zero-order valence-electron chi connectivity index (χ0n) is 11.3. The van der Waals surface area contributed by atoms with Gasteiger partial charge < -0.3 is 0 Å². The van der Waals surface area contributed by atoms with Crippen LogP contribution < -0.4 is 0 Å². The van der Waals surface area contributed by atoms with Crippen LogP contribution in [0.4, 0.5) is 0 Å². The molecule has 0 nitrogen and oxygen atoms in total. The average Bonchev–Trinajstić information content (AvgIpc) is 2.59. The van der Waals surface area contributed by atoms with Crippen LogP contribution in [-0.2, 0) is 0 Å². The van der Waals surface area contributed by atoms with Crippen LogP contribution in [0.3, 0.4) is 0 Å². The van der Waals surface area contributed by atoms with Crippen molar-refractivity contribution < 1.29 is 0 Å². The highest BCUT2D eigenvalue weighted by molar-refractivity contribution is 6.54. The molecule has 0 aromatic heterocycles. The predicted octanol–water partition coefficient (Wildman–Crippen LogP) is 9.06. The van der Waals surface area contributed by atoms with E-state index in [1.54, 1.807) is 0 Å². The molecule has 124 valence electrons. The second kappa shape index (κ2) is 6.01. The largest absolute Gasteiger partial charge is 0.0823 e. The molecule has 0 atom stereocenters. The maximum Gasteiger partial charge on any atom is 0.0797 e. The van der Waals surface area contributed by atoms with E-state index in [-0.39, 0.29) is 31.9 Å². The molecule has 2 aromatic rings. The van der Waals surface area contributed by atoms with E-state index in [0.717, 1.165) is 22.3 Å². The van der Waals surface area contributed by atoms with E-state index in [1.165, 1.54) is 0 Å². The Balaban J connectivity index is 2.16. The molecule has 0 heterocycles. The molecule has 0 unspecified atom stereocenters. The van der Waals surface area contributed by atoms with Crippen molar-refractivity contribution in [1.82, 2.24) is 0 Å². The molecule has 0 aliphatic heterocycles. The molecular formula is C16H4Cl8. The Hall–Kier alpha value is 0.500. The topological polar surface area (TPSA) is 0 Å². The molecule has 0 N–H and O–H groups in total. The first-order valence-corrected chi connectivity index (χ1v) is 9.69. The van der Waals surface area contributed by atoms with Gasteiger partial charge in [0.25, 0.3) is 0 Å². The van der Waals surface area contributed by atoms with E-state index in [4.69, 9.17) is 92.8 Å². The predicted molar refractivity (Wildman–Crippen MR) is 106 cm³/mol. The van der Waals surface area contributed by atoms with Gasteiger partial charge in [0.2, 0.25) is 0 Å². The minimum absolute atomic E-state index is 0.215. The van der Waals surface area contributed by atoms with E-state index in [1.807, 2.05) is 12.2 Å². The van der Waals surface area contributed by atoms with Crippen LogP contribution in [0.15, 0.2) is 12.2 Å². The highest BCUT2D eigenvalue weighted by Gasteiger charge is 2.42. The standard InChI is InChI=1S/C16H4Cl8/c17-9-5-3-1-2-4(7(5)11(19)15(23)13(9)21)8-6(3)10(18)14(22)16(24)12(8)20/h1-4H. The number of halogens is 8. The van der Waals surface area contributed by atoms with Gasteiger partial charge >= 0.3 is 0 Å². The Labute approximate surface area is 178 Å². The van der Waals surface area contributed by atoms with Crippen LogP contribution in [0.1, 0.15) is 34.1 Å². The minimum Gasteiger partial charge on any atom is -0.0823 e. The molecule has 24 heavy (non-hydrogen) atoms. The fraction of sp³-hybridized carbons (Fsp3) is 0.125. The molecule has 0 saturated heterocycles. The molecule has 0 amide bonds. The fourth-order valence-electron chi connectivity index (χ4n) is 3.44. The van der Waals surface area contributed by atoms with Crippen molar-refractivity contribution in [3.63, 3.8) is 0 Å². The van der Waals surface area contributed by atoms with Gasteiger partial charge in [-0.1, -0.05) is 105 Å². The molecule has 0 saturated carbocycles. The first-order chi connectivity index (χ1) is 11.3. The molecule has 3 aliphatic carbocycles. The summed E-state index contributed by atoms with van der Waals surface area (Å²) in [6.07, 6.45) is 3.96. The van der Waals surface area contributed by atoms with Crippen molar-refractivity contribution in [2.75, 3.05) is 0 Å². The lowest BCUT2D eigenvalue weighted by Crippen LogP contribution is -2.23. The van der Waals surface area contributed by atoms with Crippen LogP contribution in [0.2, 0.25) is 40.2 Å². The molecule has 0 radical (unpaired) electrons. The van der Waals surface area contributed by atoms with Crippen LogP contribution in [0.25, 0.3) is 0 Å². The van der Waals surface area contributed by atoms with Crippen molar-refractivity contribution in [1.29, 1.82) is 0 Å². The zero-order chi connectivity index (χ0) is 17.5. The lowest BCUT2D eigenvalue weighted by atomic mass is 9.68. The van der Waals surface area contributed by atoms with Gasteiger partial charge in [-0.2, -0.15) is 0 Å². The van der Waals surface area contributed by atoms with Crippen molar-refractivity contribution >= 4 is 92.8 Å². The second-order valence-corrected chi connectivity index (χ2v) is 8.53. The number of rotatable bonds is 0. The third-order valence-corrected chi connectivity index (χ3v) is 8.09. The van der Waals surface area contributed by atoms with Crippen LogP contribution in [-0.4, -0.2) is 0 Å². The van der Waals surface area contributed by atoms with Gasteiger partial charge in [-0.15, -0.1) is 0 Å². The van der Waals surface area contributed by atoms with E-state index >= 15 is 0 Å². The highest BCUT2D eigenvalue weighted by atomic mass is 35.5. The first-order valence-electron chi connectivity index (χ1n) is 6.67. The highest BCUT2D eigenvalue weighted by Crippen LogP contribution is 2.61. The van der Waals surface area contributed by atoms with Gasteiger partial charge in [0.1, 0.15) is 0 Å². The Morgan fingerprint density at radius 2 is 0.583 bits per heavy atom. The Morgan fingerprint density at radius 3 is 0.792 bits per heavy atom. The maximum atomic E-state index is 6.47. The summed E-state index contributed by atoms with van der Waals surface area (Å²) in [6, 6.07) is 0. The van der Waals surface area contributed by atoms with Crippen LogP contribution >= 0.6 is 92.8 Å². The van der Waals surface area contributed by atoms with Gasteiger partial charge in [-0.25, -0.2) is 0 Å². The summed E-state index contributed by atoms with van der Waals surface area (Å²) in [6.45, 7) is 0. The van der Waals surface area contributed by atoms with Crippen LogP contribution in [0, 0.1) is 0 Å². The van der Waals surface area contributed by atoms with Gasteiger partial charge in [0.15, 0.2) is 0 Å². The maximum absolute atomic E-state index is 6.47. The lowest BCUT2D eigenvalue weighted by Gasteiger charge is -2.39. The molecule has 3 aliphatic rings. The summed E-state index contributed by atoms with van der Waals surface area (Å²) in [7, 11) is 0. The van der Waals surface area contributed by atoms with Crippen molar-refractivity contribution in [2.45, 2.75) is 11.8 Å². The summed E-state index contributed by atoms with van der Waals surface area (Å²) < 4.78 is 0. The number of hydrogen-bond acceptors (Lipinski definition) is 0. The molecule has 0 spiro atoms. The second-order valence-electron chi connectivity index (χ2n) is 5.51. The van der Waals surface area contributed by atoms with Crippen molar-refractivity contribution in [2.24, 2.45) is 0 Å². The number of hydrogen-bond donors (Lipinski definition) is 0. The molecule has 0 fully saturated rings. The van der Waals surface area contributed by atoms with Gasteiger partial charge in [-0.3, -0.25) is 0 Å². The fourth-order valence-corrected chi connectivity index (χ4v) is 5.68. The van der Waals surface area contributed by atoms with Crippen LogP contribution in [0.5, 0.6) is 0 Å². The summed E-state index contributed by atoms with van der Waals surface area (Å²) >= 11 is 50.8. The summed E-state index contributed by atoms with van der Waals surface area (Å²) in [5, 5.41) is 2.26. The molecule has 2 bridgehead atoms. The monoisotopic (exact) mass is 476 g/mol. The van der Waals surface area contributed by atoms with E-state index in [2.05, 4.69) is 0 Å². The summed E-state index contributed by atoms with van der Waals surface area (Å²) in [5.41, 5.74) is 3.08. The number of benzene rings is 2. The molecule has 2 aromatic carbocycles. The van der Waals surface area contributed by atoms with Gasteiger partial charge in [0, 0.05) is 11.8 Å². The Kier molecular flexibility index (Phi) is 4.48. The molecular weight excluding hydrogens is 476 g/mol. The molecule has 8 heteroatoms. The summed E-state index contributed by atoms with van der Waals surface area (Å²) in [5.74, 6) is -0.556. The zero-order valence-corrected chi connectivity index (χ0v) is 17.4. The number of allylic oxidation sites excluding steroid dienone is 2. The van der Waals surface area contributed by atoms with Crippen molar-refractivity contribution in [3.8, 4) is 0 Å². The van der Waals surface area contributed by atoms with Gasteiger partial charge in [-0.05, 0) is 22.3 Å². The van der Waals surface area contributed by atoms with E-state index in [0.29, 0.717) is 20.1 Å². The Morgan fingerprint density at radius 1 is 0.375 bits per heavy atom. The van der Waals surface area contributed by atoms with Gasteiger partial charge in [0.05, 0.1) is 40.2 Å². The Bertz CT molecular complexity index is 813. The SMILES string of the molecule is Clc1c(Cl)c(Cl)c2c(c1Cl)C1C=CC2c2c(Cl)c(Cl)c(Cl)c(Cl)c21. The first kappa shape index (κ1) is 17.9. The average molecular weight is 480 g/mol. The van der Waals surface area contributed by atoms with Crippen molar-refractivity contribution in [3.05, 3.63) is 74.6 Å². The molecule has 5 rings (SSSR count). The smallest absolute Gasteiger partial charge is 0.0797 e. The lowest BCUT2D eigenvalue weighted by molar-refractivity contribution is 0.812. The normalized spacial score (nSPS) is 20.3.